The van der Waals surface area contributed by atoms with Gasteiger partial charge in [0.2, 0.25) is 0 Å². The second-order valence-electron chi connectivity index (χ2n) is 7.87. The summed E-state index contributed by atoms with van der Waals surface area (Å²) in [6.07, 6.45) is 3.71. The first-order chi connectivity index (χ1) is 14.3. The maximum Gasteiger partial charge on any atom is 0.180 e. The Labute approximate surface area is 178 Å². The van der Waals surface area contributed by atoms with E-state index in [9.17, 15) is 25.3 Å². The third-order valence-electron chi connectivity index (χ3n) is 5.54. The van der Waals surface area contributed by atoms with Gasteiger partial charge in [-0.2, -0.15) is 16.9 Å². The molecule has 0 spiro atoms. The monoisotopic (exact) mass is 471 g/mol. The molecule has 0 bridgehead atoms. The molecule has 1 aliphatic rings. The average Bonchev–Trinajstić information content (AvgIpc) is 3.44. The normalized spacial score (nSPS) is 17.1. The largest absolute Gasteiger partial charge is 0.310 e. The van der Waals surface area contributed by atoms with E-state index in [4.69, 9.17) is 0 Å². The number of thiol groups is 1. The molecule has 0 amide bonds. The quantitative estimate of drug-likeness (QED) is 0.563. The lowest BCUT2D eigenvalue weighted by molar-refractivity contribution is 0.595. The Kier molecular flexibility index (Phi) is 4.47. The molecule has 166 valence electrons. The molecule has 3 aromatic rings. The lowest BCUT2D eigenvalue weighted by atomic mass is 9.99. The number of aromatic nitrogens is 4. The van der Waals surface area contributed by atoms with Crippen LogP contribution in [0.5, 0.6) is 0 Å². The van der Waals surface area contributed by atoms with E-state index >= 15 is 0 Å². The zero-order valence-electron chi connectivity index (χ0n) is 17.0. The van der Waals surface area contributed by atoms with Crippen LogP contribution in [-0.2, 0) is 22.3 Å². The van der Waals surface area contributed by atoms with Gasteiger partial charge in [-0.05, 0) is 30.5 Å². The number of nitrogens with zero attached hydrogens (tertiary/aromatic N) is 5. The Bertz CT molecular complexity index is 1370. The van der Waals surface area contributed by atoms with E-state index in [0.29, 0.717) is 18.4 Å². The molecule has 0 N–H and O–H groups in total. The Morgan fingerprint density at radius 1 is 1.23 bits per heavy atom. The fourth-order valence-corrected chi connectivity index (χ4v) is 5.15. The highest BCUT2D eigenvalue weighted by Crippen LogP contribution is 2.77. The molecule has 1 fully saturated rings. The summed E-state index contributed by atoms with van der Waals surface area (Å²) in [6.45, 7) is 1.49. The smallest absolute Gasteiger partial charge is 0.180 e. The van der Waals surface area contributed by atoms with Crippen LogP contribution in [0.3, 0.4) is 0 Å². The number of hydrogen-bond donors (Lipinski definition) is 1. The van der Waals surface area contributed by atoms with Gasteiger partial charge in [0, 0.05) is 25.7 Å². The van der Waals surface area contributed by atoms with Gasteiger partial charge in [0.15, 0.2) is 21.3 Å². The molecular weight excluding hydrogens is 451 g/mol. The van der Waals surface area contributed by atoms with E-state index in [2.05, 4.69) is 21.0 Å². The number of fused-ring (bicyclic) bond motifs is 1. The minimum absolute atomic E-state index is 0.000195. The van der Waals surface area contributed by atoms with Crippen molar-refractivity contribution in [3.8, 4) is 17.6 Å². The average molecular weight is 472 g/mol. The second-order valence-corrected chi connectivity index (χ2v) is 13.0. The zero-order valence-corrected chi connectivity index (χ0v) is 18.7. The fraction of sp³-hybridized carbons (Fsp3) is 0.368. The summed E-state index contributed by atoms with van der Waals surface area (Å²) in [4.78, 5) is 11.6. The maximum atomic E-state index is 13.8. The summed E-state index contributed by atoms with van der Waals surface area (Å²) < 4.78 is 68.6. The minimum atomic E-state index is -6.54. The summed E-state index contributed by atoms with van der Waals surface area (Å²) in [7, 11) is -8.75. The number of pyridine rings is 2. The van der Waals surface area contributed by atoms with Crippen molar-refractivity contribution in [2.24, 2.45) is 7.05 Å². The van der Waals surface area contributed by atoms with Gasteiger partial charge in [0.25, 0.3) is 0 Å². The maximum absolute atomic E-state index is 13.8. The van der Waals surface area contributed by atoms with Crippen LogP contribution in [0.1, 0.15) is 25.3 Å². The van der Waals surface area contributed by atoms with Crippen molar-refractivity contribution in [3.05, 3.63) is 30.1 Å². The fourth-order valence-electron chi connectivity index (χ4n) is 3.39. The van der Waals surface area contributed by atoms with Crippen LogP contribution in [0.4, 0.5) is 11.7 Å². The summed E-state index contributed by atoms with van der Waals surface area (Å²) >= 11 is 0. The van der Waals surface area contributed by atoms with E-state index in [0.717, 1.165) is 12.3 Å². The van der Waals surface area contributed by atoms with Crippen molar-refractivity contribution in [2.45, 2.75) is 35.0 Å². The molecule has 7 nitrogen and oxygen atoms in total. The van der Waals surface area contributed by atoms with Crippen molar-refractivity contribution >= 4 is 31.3 Å². The van der Waals surface area contributed by atoms with Gasteiger partial charge < -0.3 is 4.57 Å². The van der Waals surface area contributed by atoms with Gasteiger partial charge >= 0.3 is 0 Å². The van der Waals surface area contributed by atoms with Crippen molar-refractivity contribution in [3.63, 3.8) is 0 Å². The molecule has 1 saturated carbocycles. The second kappa shape index (κ2) is 6.43. The molecule has 0 atom stereocenters. The number of nitriles is 1. The van der Waals surface area contributed by atoms with Crippen molar-refractivity contribution in [1.82, 2.24) is 19.5 Å². The van der Waals surface area contributed by atoms with Crippen LogP contribution < -0.4 is 0 Å². The topological polar surface area (TPSA) is 102 Å². The van der Waals surface area contributed by atoms with Gasteiger partial charge in [0.1, 0.15) is 11.2 Å². The van der Waals surface area contributed by atoms with Gasteiger partial charge in [-0.15, -0.1) is 0 Å². The molecule has 0 unspecified atom stereocenters. The summed E-state index contributed by atoms with van der Waals surface area (Å²) in [5, 5.41) is 9.46. The highest BCUT2D eigenvalue weighted by molar-refractivity contribution is 8.37. The van der Waals surface area contributed by atoms with Gasteiger partial charge in [-0.25, -0.2) is 18.4 Å². The van der Waals surface area contributed by atoms with Crippen LogP contribution >= 0.6 is 10.3 Å². The minimum Gasteiger partial charge on any atom is -0.310 e. The number of rotatable bonds is 5. The van der Waals surface area contributed by atoms with Crippen molar-refractivity contribution in [2.75, 3.05) is 12.0 Å². The van der Waals surface area contributed by atoms with Crippen molar-refractivity contribution < 1.29 is 20.1 Å². The Balaban J connectivity index is 1.95. The van der Waals surface area contributed by atoms with Crippen molar-refractivity contribution in [1.29, 1.82) is 5.26 Å². The predicted molar refractivity (Wildman–Crippen MR) is 112 cm³/mol. The number of hydrogen-bond acceptors (Lipinski definition) is 6. The van der Waals surface area contributed by atoms with E-state index in [1.807, 2.05) is 0 Å². The van der Waals surface area contributed by atoms with Gasteiger partial charge in [-0.1, -0.05) is 6.92 Å². The number of aryl methyl sites for hydroxylation is 1. The number of imidazole rings is 1. The van der Waals surface area contributed by atoms with E-state index < -0.39 is 30.5 Å². The number of sulfone groups is 1. The first-order valence-electron chi connectivity index (χ1n) is 9.43. The summed E-state index contributed by atoms with van der Waals surface area (Å²) in [5.74, 6) is -0.111. The van der Waals surface area contributed by atoms with E-state index in [1.54, 1.807) is 7.05 Å². The Hall–Kier alpha value is -2.65. The zero-order chi connectivity index (χ0) is 22.8. The SMILES string of the molecule is CCS(=O)(=O)c1cc(C2(C#N)CC2)cnc1-c1nc2cc([SH](C)(F)(F)F)cnc2n1C. The summed E-state index contributed by atoms with van der Waals surface area (Å²) in [5.41, 5.74) is -0.0174. The molecule has 4 rings (SSSR count). The van der Waals surface area contributed by atoms with E-state index in [-0.39, 0.29) is 39.6 Å². The van der Waals surface area contributed by atoms with Crippen LogP contribution in [0.15, 0.2) is 34.3 Å². The molecule has 3 heterocycles. The van der Waals surface area contributed by atoms with Crippen LogP contribution in [-0.4, -0.2) is 39.9 Å². The number of halogens is 3. The third-order valence-corrected chi connectivity index (χ3v) is 8.63. The molecule has 3 aromatic heterocycles. The first kappa shape index (κ1) is 21.6. The standard InChI is InChI=1S/C19H20F3N5O2S2/c1-4-30(28,29)15-7-12(19(11-23)5-6-19)9-24-16(15)18-26-14-8-13(31(3,20,21)22)10-25-17(14)27(18)2/h7-10,31H,4-6H2,1-3H3. The van der Waals surface area contributed by atoms with Gasteiger partial charge in [0.05, 0.1) is 37.3 Å². The van der Waals surface area contributed by atoms with Crippen LogP contribution in [0.25, 0.3) is 22.7 Å². The van der Waals surface area contributed by atoms with Gasteiger partial charge in [-0.3, -0.25) is 4.98 Å². The lowest BCUT2D eigenvalue weighted by Crippen LogP contribution is -2.12. The molecule has 12 heteroatoms. The molecule has 0 saturated heterocycles. The Morgan fingerprint density at radius 3 is 2.45 bits per heavy atom. The van der Waals surface area contributed by atoms with E-state index in [1.165, 1.54) is 23.8 Å². The highest BCUT2D eigenvalue weighted by atomic mass is 32.4. The predicted octanol–water partition coefficient (Wildman–Crippen LogP) is 4.09. The summed E-state index contributed by atoms with van der Waals surface area (Å²) in [6, 6.07) is 4.59. The molecule has 31 heavy (non-hydrogen) atoms. The Morgan fingerprint density at radius 2 is 1.90 bits per heavy atom. The molecule has 0 radical (unpaired) electrons. The first-order valence-corrected chi connectivity index (χ1v) is 13.4. The molecule has 0 aliphatic heterocycles. The molecular formula is C19H20F3N5O2S2. The van der Waals surface area contributed by atoms with Crippen LogP contribution in [0, 0.1) is 11.3 Å². The molecule has 0 aromatic carbocycles. The molecule has 1 aliphatic carbocycles. The van der Waals surface area contributed by atoms with Crippen LogP contribution in [0.2, 0.25) is 0 Å². The highest BCUT2D eigenvalue weighted by Gasteiger charge is 2.46. The lowest BCUT2D eigenvalue weighted by Gasteiger charge is -2.33. The third kappa shape index (κ3) is 3.55.